The Morgan fingerprint density at radius 1 is 1.17 bits per heavy atom. The molecule has 7 nitrogen and oxygen atoms in total. The van der Waals surface area contributed by atoms with Crippen molar-refractivity contribution in [2.75, 3.05) is 12.8 Å². The quantitative estimate of drug-likeness (QED) is 0.569. The Kier molecular flexibility index (Phi) is 6.06. The molecule has 0 radical (unpaired) electrons. The molecule has 1 unspecified atom stereocenters. The van der Waals surface area contributed by atoms with E-state index >= 15 is 0 Å². The van der Waals surface area contributed by atoms with Gasteiger partial charge >= 0.3 is 5.97 Å². The number of carboxylic acids is 1. The van der Waals surface area contributed by atoms with Crippen LogP contribution in [0.2, 0.25) is 0 Å². The Morgan fingerprint density at radius 2 is 1.97 bits per heavy atom. The maximum Gasteiger partial charge on any atom is 0.313 e. The highest BCUT2D eigenvalue weighted by molar-refractivity contribution is 8.00. The van der Waals surface area contributed by atoms with Gasteiger partial charge in [-0.1, -0.05) is 42.5 Å². The average Bonchev–Trinajstić information content (AvgIpc) is 3.39. The highest BCUT2D eigenvalue weighted by Gasteiger charge is 2.26. The van der Waals surface area contributed by atoms with Crippen molar-refractivity contribution < 1.29 is 19.1 Å². The number of ether oxygens (including phenoxy) is 1. The number of nitrogens with one attached hydrogen (secondary N) is 1. The number of rotatable bonds is 8. The molecule has 0 fully saturated rings. The number of hydrazine groups is 1. The van der Waals surface area contributed by atoms with Gasteiger partial charge in [-0.15, -0.1) is 11.8 Å². The Balaban J connectivity index is 1.45. The van der Waals surface area contributed by atoms with Crippen molar-refractivity contribution in [1.82, 2.24) is 10.4 Å². The predicted molar refractivity (Wildman–Crippen MR) is 116 cm³/mol. The van der Waals surface area contributed by atoms with Crippen LogP contribution in [0.1, 0.15) is 11.3 Å². The molecule has 1 aliphatic rings. The summed E-state index contributed by atoms with van der Waals surface area (Å²) in [7, 11) is 1.81. The first kappa shape index (κ1) is 20.1. The molecule has 3 aromatic rings. The number of carbonyl (C=O) groups is 1. The van der Waals surface area contributed by atoms with Crippen LogP contribution in [0.5, 0.6) is 5.75 Å². The van der Waals surface area contributed by atoms with Crippen LogP contribution in [-0.4, -0.2) is 40.2 Å². The van der Waals surface area contributed by atoms with Crippen molar-refractivity contribution in [2.24, 2.45) is 4.99 Å². The molecule has 0 aliphatic carbocycles. The van der Waals surface area contributed by atoms with E-state index in [4.69, 9.17) is 14.3 Å². The zero-order valence-electron chi connectivity index (χ0n) is 16.3. The Morgan fingerprint density at radius 3 is 2.77 bits per heavy atom. The second-order valence-electron chi connectivity index (χ2n) is 6.70. The van der Waals surface area contributed by atoms with Gasteiger partial charge in [-0.3, -0.25) is 10.2 Å². The summed E-state index contributed by atoms with van der Waals surface area (Å²) in [5, 5.41) is 10.6. The maximum absolute atomic E-state index is 10.8. The molecule has 4 rings (SSSR count). The molecule has 0 saturated heterocycles. The largest absolute Gasteiger partial charge is 0.489 e. The topological polar surface area (TPSA) is 87.3 Å². The third-order valence-corrected chi connectivity index (χ3v) is 5.55. The number of aliphatic carboxylic acids is 1. The Bertz CT molecular complexity index is 1050. The minimum atomic E-state index is -0.869. The number of amidine groups is 1. The monoisotopic (exact) mass is 423 g/mol. The van der Waals surface area contributed by atoms with E-state index in [1.807, 2.05) is 73.8 Å². The SMILES string of the molecule is CN1NC(c2ccc(-c3cccc(OCc4ccccc4)c3)o2)=NC1SCC(=O)O. The van der Waals surface area contributed by atoms with Gasteiger partial charge in [0.1, 0.15) is 18.1 Å². The van der Waals surface area contributed by atoms with Gasteiger partial charge < -0.3 is 14.3 Å². The van der Waals surface area contributed by atoms with Crippen molar-refractivity contribution in [3.8, 4) is 17.1 Å². The van der Waals surface area contributed by atoms with E-state index in [1.54, 1.807) is 5.01 Å². The standard InChI is InChI=1S/C22H21N3O4S/c1-25-22(30-14-20(26)27)23-21(24-25)19-11-10-18(29-19)16-8-5-9-17(12-16)28-13-15-6-3-2-4-7-15/h2-12,22H,13-14H2,1H3,(H,23,24)(H,26,27). The molecule has 2 heterocycles. The van der Waals surface area contributed by atoms with Crippen LogP contribution in [-0.2, 0) is 11.4 Å². The van der Waals surface area contributed by atoms with Crippen molar-refractivity contribution in [3.05, 3.63) is 78.1 Å². The van der Waals surface area contributed by atoms with E-state index in [-0.39, 0.29) is 11.3 Å². The van der Waals surface area contributed by atoms with Crippen LogP contribution in [0, 0.1) is 0 Å². The Hall–Kier alpha value is -3.23. The van der Waals surface area contributed by atoms with Crippen LogP contribution in [0.4, 0.5) is 0 Å². The lowest BCUT2D eigenvalue weighted by atomic mass is 10.1. The molecule has 2 aromatic carbocycles. The fourth-order valence-electron chi connectivity index (χ4n) is 2.96. The van der Waals surface area contributed by atoms with Gasteiger partial charge in [0.25, 0.3) is 0 Å². The molecule has 0 amide bonds. The van der Waals surface area contributed by atoms with Crippen molar-refractivity contribution >= 4 is 23.6 Å². The molecule has 2 N–H and O–H groups in total. The van der Waals surface area contributed by atoms with E-state index < -0.39 is 5.97 Å². The normalized spacial score (nSPS) is 16.2. The second kappa shape index (κ2) is 9.06. The molecule has 1 aliphatic heterocycles. The zero-order valence-corrected chi connectivity index (χ0v) is 17.1. The molecular weight excluding hydrogens is 402 g/mol. The summed E-state index contributed by atoms with van der Waals surface area (Å²) in [5.41, 5.74) is 4.79. The first-order valence-electron chi connectivity index (χ1n) is 9.36. The predicted octanol–water partition coefficient (Wildman–Crippen LogP) is 3.82. The van der Waals surface area contributed by atoms with Crippen molar-refractivity contribution in [3.63, 3.8) is 0 Å². The van der Waals surface area contributed by atoms with Gasteiger partial charge in [0, 0.05) is 12.6 Å². The van der Waals surface area contributed by atoms with E-state index in [2.05, 4.69) is 10.4 Å². The summed E-state index contributed by atoms with van der Waals surface area (Å²) in [6.07, 6.45) is 0. The number of nitrogens with zero attached hydrogens (tertiary/aromatic N) is 2. The summed E-state index contributed by atoms with van der Waals surface area (Å²) < 4.78 is 11.9. The summed E-state index contributed by atoms with van der Waals surface area (Å²) in [5.74, 6) is 1.73. The molecule has 0 spiro atoms. The van der Waals surface area contributed by atoms with Gasteiger partial charge in [-0.2, -0.15) is 5.01 Å². The highest BCUT2D eigenvalue weighted by atomic mass is 32.2. The molecule has 30 heavy (non-hydrogen) atoms. The molecule has 0 bridgehead atoms. The van der Waals surface area contributed by atoms with E-state index in [1.165, 1.54) is 11.8 Å². The highest BCUT2D eigenvalue weighted by Crippen LogP contribution is 2.28. The van der Waals surface area contributed by atoms with Gasteiger partial charge in [0.05, 0.1) is 5.75 Å². The number of thioether (sulfide) groups is 1. The number of benzene rings is 2. The van der Waals surface area contributed by atoms with Crippen LogP contribution in [0.15, 0.2) is 76.1 Å². The smallest absolute Gasteiger partial charge is 0.313 e. The first-order chi connectivity index (χ1) is 14.6. The van der Waals surface area contributed by atoms with E-state index in [0.717, 1.165) is 16.9 Å². The molecule has 0 saturated carbocycles. The number of hydrogen-bond acceptors (Lipinski definition) is 7. The van der Waals surface area contributed by atoms with Crippen molar-refractivity contribution in [1.29, 1.82) is 0 Å². The fraction of sp³-hybridized carbons (Fsp3) is 0.182. The lowest BCUT2D eigenvalue weighted by Gasteiger charge is -2.15. The van der Waals surface area contributed by atoms with Gasteiger partial charge in [-0.05, 0) is 29.8 Å². The molecular formula is C22H21N3O4S. The zero-order chi connectivity index (χ0) is 20.9. The summed E-state index contributed by atoms with van der Waals surface area (Å²) in [4.78, 5) is 15.3. The fourth-order valence-corrected chi connectivity index (χ4v) is 3.71. The number of carboxylic acid groups (broad SMARTS) is 1. The van der Waals surface area contributed by atoms with Gasteiger partial charge in [0.2, 0.25) is 0 Å². The summed E-state index contributed by atoms with van der Waals surface area (Å²) in [6.45, 7) is 0.496. The van der Waals surface area contributed by atoms with E-state index in [9.17, 15) is 4.79 Å². The van der Waals surface area contributed by atoms with Gasteiger partial charge in [0.15, 0.2) is 17.1 Å². The third-order valence-electron chi connectivity index (χ3n) is 4.42. The maximum atomic E-state index is 10.8. The lowest BCUT2D eigenvalue weighted by Crippen LogP contribution is -2.36. The molecule has 1 aromatic heterocycles. The minimum Gasteiger partial charge on any atom is -0.489 e. The van der Waals surface area contributed by atoms with Crippen LogP contribution in [0.25, 0.3) is 11.3 Å². The van der Waals surface area contributed by atoms with Crippen LogP contribution in [0.3, 0.4) is 0 Å². The molecule has 8 heteroatoms. The number of furan rings is 1. The van der Waals surface area contributed by atoms with Gasteiger partial charge in [-0.25, -0.2) is 4.99 Å². The molecule has 154 valence electrons. The third kappa shape index (κ3) is 4.84. The van der Waals surface area contributed by atoms with Crippen LogP contribution < -0.4 is 10.2 Å². The average molecular weight is 423 g/mol. The summed E-state index contributed by atoms with van der Waals surface area (Å²) >= 11 is 1.23. The summed E-state index contributed by atoms with van der Waals surface area (Å²) in [6, 6.07) is 21.5. The minimum absolute atomic E-state index is 0.0212. The second-order valence-corrected chi connectivity index (χ2v) is 7.74. The van der Waals surface area contributed by atoms with Crippen LogP contribution >= 0.6 is 11.8 Å². The lowest BCUT2D eigenvalue weighted by molar-refractivity contribution is -0.133. The number of hydrogen-bond donors (Lipinski definition) is 2. The van der Waals surface area contributed by atoms with Crippen molar-refractivity contribution in [2.45, 2.75) is 12.1 Å². The first-order valence-corrected chi connectivity index (χ1v) is 10.4. The Labute approximate surface area is 178 Å². The molecule has 1 atom stereocenters. The van der Waals surface area contributed by atoms with E-state index in [0.29, 0.717) is 24.0 Å². The number of aliphatic imine (C=N–C) groups is 1.